The van der Waals surface area contributed by atoms with Gasteiger partial charge in [0.2, 0.25) is 10.0 Å². The van der Waals surface area contributed by atoms with Crippen LogP contribution in [0.1, 0.15) is 27.7 Å². The van der Waals surface area contributed by atoms with Crippen LogP contribution in [0.5, 0.6) is 0 Å². The van der Waals surface area contributed by atoms with Crippen LogP contribution in [-0.2, 0) is 10.0 Å². The smallest absolute Gasteiger partial charge is 0.207 e. The molecule has 1 aromatic carbocycles. The number of sulfonamides is 1. The molecule has 1 radical (unpaired) electrons. The average molecular weight is 268 g/mol. The topological polar surface area (TPSA) is 37.4 Å². The van der Waals surface area contributed by atoms with Gasteiger partial charge in [0.05, 0.1) is 4.90 Å². The van der Waals surface area contributed by atoms with Gasteiger partial charge in [0.15, 0.2) is 0 Å². The highest BCUT2D eigenvalue weighted by molar-refractivity contribution is 7.89. The number of hydrogen-bond acceptors (Lipinski definition) is 2. The van der Waals surface area contributed by atoms with Gasteiger partial charge in [-0.15, -0.1) is 0 Å². The van der Waals surface area contributed by atoms with E-state index in [-0.39, 0.29) is 0 Å². The minimum absolute atomic E-state index is 0.314. The van der Waals surface area contributed by atoms with Crippen LogP contribution in [-0.4, -0.2) is 25.8 Å². The molecular weight excluding hydrogens is 246 g/mol. The van der Waals surface area contributed by atoms with Crippen molar-refractivity contribution in [3.63, 3.8) is 0 Å². The molecule has 0 heterocycles. The maximum Gasteiger partial charge on any atom is 0.243 e. The Labute approximate surface area is 111 Å². The normalized spacial score (nSPS) is 12.6. The fourth-order valence-electron chi connectivity index (χ4n) is 1.78. The first-order valence-electron chi connectivity index (χ1n) is 6.30. The maximum atomic E-state index is 12.5. The van der Waals surface area contributed by atoms with Crippen LogP contribution in [0.4, 0.5) is 0 Å². The highest BCUT2D eigenvalue weighted by Gasteiger charge is 2.25. The molecule has 0 aliphatic heterocycles. The third-order valence-electron chi connectivity index (χ3n) is 2.46. The Balaban J connectivity index is 3.03. The summed E-state index contributed by atoms with van der Waals surface area (Å²) >= 11 is 0. The Morgan fingerprint density at radius 3 is 1.89 bits per heavy atom. The van der Waals surface area contributed by atoms with E-state index in [2.05, 4.69) is 6.07 Å². The van der Waals surface area contributed by atoms with E-state index in [9.17, 15) is 8.42 Å². The second-order valence-electron chi connectivity index (χ2n) is 5.35. The van der Waals surface area contributed by atoms with Gasteiger partial charge < -0.3 is 0 Å². The summed E-state index contributed by atoms with van der Waals surface area (Å²) in [5.41, 5.74) is 0. The van der Waals surface area contributed by atoms with Crippen molar-refractivity contribution in [2.45, 2.75) is 32.6 Å². The molecule has 0 saturated carbocycles. The second kappa shape index (κ2) is 6.34. The Morgan fingerprint density at radius 2 is 1.50 bits per heavy atom. The van der Waals surface area contributed by atoms with E-state index in [1.54, 1.807) is 28.6 Å². The quantitative estimate of drug-likeness (QED) is 0.795. The fourth-order valence-corrected chi connectivity index (χ4v) is 3.54. The highest BCUT2D eigenvalue weighted by atomic mass is 32.2. The van der Waals surface area contributed by atoms with E-state index >= 15 is 0 Å². The van der Waals surface area contributed by atoms with E-state index in [0.717, 1.165) is 0 Å². The lowest BCUT2D eigenvalue weighted by Gasteiger charge is -2.25. The molecule has 101 valence electrons. The summed E-state index contributed by atoms with van der Waals surface area (Å²) < 4.78 is 26.6. The molecule has 1 rings (SSSR count). The van der Waals surface area contributed by atoms with Crippen LogP contribution >= 0.6 is 0 Å². The van der Waals surface area contributed by atoms with Gasteiger partial charge in [-0.05, 0) is 30.0 Å². The zero-order valence-electron chi connectivity index (χ0n) is 11.6. The number of benzene rings is 1. The van der Waals surface area contributed by atoms with Crippen molar-refractivity contribution in [3.05, 3.63) is 30.3 Å². The minimum Gasteiger partial charge on any atom is -0.207 e. The van der Waals surface area contributed by atoms with Gasteiger partial charge in [-0.3, -0.25) is 0 Å². The first-order valence-corrected chi connectivity index (χ1v) is 7.74. The molecular formula is C14H22NO2S. The average Bonchev–Trinajstić information content (AvgIpc) is 2.28. The fraction of sp³-hybridized carbons (Fsp3) is 0.571. The standard InChI is InChI=1S/C14H22NO2S/c1-12(2)10-15(11-13(3)4)18(16,17)14-8-6-5-7-9-14/h6-9,12-13H,10-11H2,1-4H3. The predicted octanol–water partition coefficient (Wildman–Crippen LogP) is 2.79. The summed E-state index contributed by atoms with van der Waals surface area (Å²) in [6.45, 7) is 9.23. The van der Waals surface area contributed by atoms with Crippen LogP contribution < -0.4 is 0 Å². The van der Waals surface area contributed by atoms with Crippen molar-refractivity contribution >= 4 is 10.0 Å². The summed E-state index contributed by atoms with van der Waals surface area (Å²) in [6, 6.07) is 9.31. The third-order valence-corrected chi connectivity index (χ3v) is 4.31. The van der Waals surface area contributed by atoms with E-state index in [4.69, 9.17) is 0 Å². The molecule has 18 heavy (non-hydrogen) atoms. The van der Waals surface area contributed by atoms with E-state index in [1.807, 2.05) is 27.7 Å². The third kappa shape index (κ3) is 4.10. The lowest BCUT2D eigenvalue weighted by molar-refractivity contribution is 0.333. The van der Waals surface area contributed by atoms with Crippen molar-refractivity contribution in [3.8, 4) is 0 Å². The molecule has 0 fully saturated rings. The zero-order chi connectivity index (χ0) is 13.8. The molecule has 0 unspecified atom stereocenters. The summed E-state index contributed by atoms with van der Waals surface area (Å²) in [4.78, 5) is 0.350. The highest BCUT2D eigenvalue weighted by Crippen LogP contribution is 2.18. The molecule has 0 aliphatic rings. The van der Waals surface area contributed by atoms with Crippen molar-refractivity contribution in [1.82, 2.24) is 4.31 Å². The van der Waals surface area contributed by atoms with E-state index in [0.29, 0.717) is 29.8 Å². The van der Waals surface area contributed by atoms with Gasteiger partial charge in [0, 0.05) is 13.1 Å². The van der Waals surface area contributed by atoms with Gasteiger partial charge in [-0.25, -0.2) is 8.42 Å². The molecule has 0 N–H and O–H groups in total. The van der Waals surface area contributed by atoms with Gasteiger partial charge in [-0.2, -0.15) is 4.31 Å². The number of nitrogens with zero attached hydrogens (tertiary/aromatic N) is 1. The SMILES string of the molecule is CC(C)CN(CC(C)C)S(=O)(=O)c1cc[c]cc1. The van der Waals surface area contributed by atoms with Crippen molar-refractivity contribution in [2.75, 3.05) is 13.1 Å². The summed E-state index contributed by atoms with van der Waals surface area (Å²) in [6.07, 6.45) is 0. The van der Waals surface area contributed by atoms with Gasteiger partial charge in [0.1, 0.15) is 0 Å². The molecule has 0 aliphatic carbocycles. The van der Waals surface area contributed by atoms with Gasteiger partial charge in [-0.1, -0.05) is 39.8 Å². The molecule has 4 heteroatoms. The molecule has 3 nitrogen and oxygen atoms in total. The van der Waals surface area contributed by atoms with Crippen LogP contribution in [0.3, 0.4) is 0 Å². The molecule has 0 bridgehead atoms. The Hall–Kier alpha value is -0.870. The maximum absolute atomic E-state index is 12.5. The van der Waals surface area contributed by atoms with Gasteiger partial charge >= 0.3 is 0 Å². The number of rotatable bonds is 6. The molecule has 0 atom stereocenters. The van der Waals surface area contributed by atoms with E-state index < -0.39 is 10.0 Å². The molecule has 0 amide bonds. The summed E-state index contributed by atoms with van der Waals surface area (Å²) in [5.74, 6) is 0.627. The Morgan fingerprint density at radius 1 is 1.06 bits per heavy atom. The lowest BCUT2D eigenvalue weighted by atomic mass is 10.2. The number of hydrogen-bond donors (Lipinski definition) is 0. The minimum atomic E-state index is -3.38. The summed E-state index contributed by atoms with van der Waals surface area (Å²) in [7, 11) is -3.38. The van der Waals surface area contributed by atoms with Crippen LogP contribution in [0.2, 0.25) is 0 Å². The largest absolute Gasteiger partial charge is 0.243 e. The first kappa shape index (κ1) is 15.2. The first-order chi connectivity index (χ1) is 8.34. The van der Waals surface area contributed by atoms with Crippen LogP contribution in [0.15, 0.2) is 29.2 Å². The predicted molar refractivity (Wildman–Crippen MR) is 73.7 cm³/mol. The van der Waals surface area contributed by atoms with Crippen molar-refractivity contribution in [2.24, 2.45) is 11.8 Å². The lowest BCUT2D eigenvalue weighted by Crippen LogP contribution is -2.36. The monoisotopic (exact) mass is 268 g/mol. The zero-order valence-corrected chi connectivity index (χ0v) is 12.4. The van der Waals surface area contributed by atoms with E-state index in [1.165, 1.54) is 0 Å². The Bertz CT molecular complexity index is 442. The van der Waals surface area contributed by atoms with Gasteiger partial charge in [0.25, 0.3) is 0 Å². The molecule has 0 saturated heterocycles. The van der Waals surface area contributed by atoms with Crippen LogP contribution in [0.25, 0.3) is 0 Å². The molecule has 0 spiro atoms. The van der Waals surface area contributed by atoms with Crippen LogP contribution in [0, 0.1) is 17.9 Å². The van der Waals surface area contributed by atoms with Crippen molar-refractivity contribution < 1.29 is 8.42 Å². The second-order valence-corrected chi connectivity index (χ2v) is 7.28. The molecule has 0 aromatic heterocycles. The Kier molecular flexibility index (Phi) is 5.35. The summed E-state index contributed by atoms with van der Waals surface area (Å²) in [5, 5.41) is 0. The van der Waals surface area contributed by atoms with Crippen molar-refractivity contribution in [1.29, 1.82) is 0 Å². The molecule has 1 aromatic rings.